The highest BCUT2D eigenvalue weighted by Crippen LogP contribution is 2.36. The molecule has 2 aromatic rings. The van der Waals surface area contributed by atoms with Gasteiger partial charge >= 0.3 is 11.8 Å². The molecule has 0 aliphatic rings. The molecular formula is C15H14F4O3. The molecule has 0 saturated heterocycles. The van der Waals surface area contributed by atoms with E-state index in [1.165, 1.54) is 13.0 Å². The lowest BCUT2D eigenvalue weighted by Crippen LogP contribution is -2.21. The Balaban J connectivity index is 2.88. The molecule has 0 radical (unpaired) electrons. The van der Waals surface area contributed by atoms with Gasteiger partial charge in [0.15, 0.2) is 11.3 Å². The molecule has 22 heavy (non-hydrogen) atoms. The van der Waals surface area contributed by atoms with Crippen molar-refractivity contribution >= 4 is 11.0 Å². The summed E-state index contributed by atoms with van der Waals surface area (Å²) in [6.07, 6.45) is -5.20. The molecule has 0 unspecified atom stereocenters. The van der Waals surface area contributed by atoms with Crippen molar-refractivity contribution in [3.8, 4) is 5.75 Å². The number of ether oxygens (including phenoxy) is 1. The first kappa shape index (κ1) is 16.3. The predicted molar refractivity (Wildman–Crippen MR) is 72.7 cm³/mol. The van der Waals surface area contributed by atoms with Gasteiger partial charge in [-0.2, -0.15) is 17.6 Å². The van der Waals surface area contributed by atoms with Crippen LogP contribution in [0.4, 0.5) is 17.6 Å². The second-order valence-electron chi connectivity index (χ2n) is 5.27. The van der Waals surface area contributed by atoms with Gasteiger partial charge in [-0.1, -0.05) is 0 Å². The molecule has 0 aliphatic carbocycles. The minimum absolute atomic E-state index is 0.0990. The maximum absolute atomic E-state index is 14.4. The molecule has 0 amide bonds. The highest BCUT2D eigenvalue weighted by atomic mass is 19.4. The summed E-state index contributed by atoms with van der Waals surface area (Å²) in [5, 5.41) is -0.0990. The van der Waals surface area contributed by atoms with Gasteiger partial charge in [-0.15, -0.1) is 0 Å². The van der Waals surface area contributed by atoms with Gasteiger partial charge in [0.2, 0.25) is 5.82 Å². The van der Waals surface area contributed by atoms with Crippen molar-refractivity contribution in [1.82, 2.24) is 0 Å². The number of hydrogen-bond acceptors (Lipinski definition) is 3. The third-order valence-corrected chi connectivity index (χ3v) is 3.18. The Morgan fingerprint density at radius 2 is 1.82 bits per heavy atom. The molecule has 0 spiro atoms. The zero-order valence-electron chi connectivity index (χ0n) is 12.4. The minimum Gasteiger partial charge on any atom is -0.488 e. The molecule has 7 heteroatoms. The highest BCUT2D eigenvalue weighted by Gasteiger charge is 2.38. The third kappa shape index (κ3) is 2.67. The van der Waals surface area contributed by atoms with Crippen LogP contribution in [0.1, 0.15) is 30.5 Å². The summed E-state index contributed by atoms with van der Waals surface area (Å²) in [6.45, 7) is 5.98. The third-order valence-electron chi connectivity index (χ3n) is 3.18. The van der Waals surface area contributed by atoms with Crippen LogP contribution in [0.15, 0.2) is 15.3 Å². The van der Waals surface area contributed by atoms with Gasteiger partial charge in [0.25, 0.3) is 0 Å². The van der Waals surface area contributed by atoms with Crippen LogP contribution < -0.4 is 10.4 Å². The van der Waals surface area contributed by atoms with E-state index in [0.717, 1.165) is 6.92 Å². The summed E-state index contributed by atoms with van der Waals surface area (Å²) >= 11 is 0. The van der Waals surface area contributed by atoms with E-state index < -0.39 is 28.8 Å². The van der Waals surface area contributed by atoms with Gasteiger partial charge in [-0.25, -0.2) is 4.79 Å². The van der Waals surface area contributed by atoms with E-state index in [1.54, 1.807) is 13.8 Å². The molecule has 1 aromatic heterocycles. The molecule has 0 bridgehead atoms. The molecule has 120 valence electrons. The van der Waals surface area contributed by atoms with Crippen molar-refractivity contribution in [1.29, 1.82) is 0 Å². The Hall–Kier alpha value is -2.05. The fourth-order valence-corrected chi connectivity index (χ4v) is 2.26. The number of rotatable bonds is 2. The molecule has 2 rings (SSSR count). The maximum atomic E-state index is 14.4. The molecular weight excluding hydrogens is 304 g/mol. The van der Waals surface area contributed by atoms with Gasteiger partial charge in [0.05, 0.1) is 6.10 Å². The first-order valence-electron chi connectivity index (χ1n) is 6.54. The predicted octanol–water partition coefficient (Wildman–Crippen LogP) is 4.35. The summed E-state index contributed by atoms with van der Waals surface area (Å²) in [7, 11) is 0. The summed E-state index contributed by atoms with van der Waals surface area (Å²) in [5.41, 5.74) is -3.61. The van der Waals surface area contributed by atoms with Crippen LogP contribution in [0.3, 0.4) is 0 Å². The molecule has 0 aliphatic heterocycles. The Labute approximate surface area is 123 Å². The van der Waals surface area contributed by atoms with Gasteiger partial charge in [0.1, 0.15) is 5.56 Å². The van der Waals surface area contributed by atoms with E-state index in [9.17, 15) is 22.4 Å². The van der Waals surface area contributed by atoms with Crippen molar-refractivity contribution in [3.63, 3.8) is 0 Å². The number of benzene rings is 1. The van der Waals surface area contributed by atoms with Gasteiger partial charge in [-0.3, -0.25) is 0 Å². The molecule has 1 heterocycles. The summed E-state index contributed by atoms with van der Waals surface area (Å²) in [6, 6.07) is 1.32. The smallest absolute Gasteiger partial charge is 0.423 e. The molecule has 1 aromatic carbocycles. The van der Waals surface area contributed by atoms with E-state index in [2.05, 4.69) is 4.42 Å². The minimum atomic E-state index is -4.86. The fourth-order valence-electron chi connectivity index (χ4n) is 2.26. The Kier molecular flexibility index (Phi) is 3.93. The van der Waals surface area contributed by atoms with Crippen LogP contribution in [0.25, 0.3) is 11.0 Å². The van der Waals surface area contributed by atoms with Crippen LogP contribution in [0.2, 0.25) is 0 Å². The Morgan fingerprint density at radius 1 is 1.23 bits per heavy atom. The van der Waals surface area contributed by atoms with Crippen LogP contribution in [-0.2, 0) is 6.18 Å². The summed E-state index contributed by atoms with van der Waals surface area (Å²) < 4.78 is 63.1. The van der Waals surface area contributed by atoms with Crippen molar-refractivity contribution in [2.45, 2.75) is 40.0 Å². The molecule has 0 atom stereocenters. The summed E-state index contributed by atoms with van der Waals surface area (Å²) in [4.78, 5) is 11.6. The second kappa shape index (κ2) is 5.30. The van der Waals surface area contributed by atoms with Crippen molar-refractivity contribution < 1.29 is 26.7 Å². The normalized spacial score (nSPS) is 12.2. The van der Waals surface area contributed by atoms with E-state index >= 15 is 0 Å². The van der Waals surface area contributed by atoms with Crippen LogP contribution >= 0.6 is 0 Å². The number of alkyl halides is 3. The molecule has 0 saturated carbocycles. The Morgan fingerprint density at radius 3 is 2.32 bits per heavy atom. The first-order valence-corrected chi connectivity index (χ1v) is 6.54. The van der Waals surface area contributed by atoms with Crippen molar-refractivity contribution in [2.75, 3.05) is 0 Å². The standard InChI is InChI=1S/C15H14F4O3/c1-6(2)21-12-7(3)5-9-8(4)10(15(17,18)19)14(20)22-13(9)11(12)16/h5-6H,1-4H3. The largest absolute Gasteiger partial charge is 0.488 e. The number of fused-ring (bicyclic) bond motifs is 1. The number of halogens is 4. The lowest BCUT2D eigenvalue weighted by atomic mass is 10.0. The second-order valence-corrected chi connectivity index (χ2v) is 5.27. The zero-order chi connectivity index (χ0) is 16.8. The molecule has 3 nitrogen and oxygen atoms in total. The number of aryl methyl sites for hydroxylation is 2. The summed E-state index contributed by atoms with van der Waals surface area (Å²) in [5.74, 6) is -1.11. The maximum Gasteiger partial charge on any atom is 0.423 e. The van der Waals surface area contributed by atoms with Gasteiger partial charge in [-0.05, 0) is 44.9 Å². The van der Waals surface area contributed by atoms with Crippen LogP contribution in [0, 0.1) is 19.7 Å². The average Bonchev–Trinajstić information content (AvgIpc) is 2.34. The van der Waals surface area contributed by atoms with Crippen LogP contribution in [0.5, 0.6) is 5.75 Å². The average molecular weight is 318 g/mol. The molecule has 0 N–H and O–H groups in total. The van der Waals surface area contributed by atoms with Crippen LogP contribution in [-0.4, -0.2) is 6.10 Å². The fraction of sp³-hybridized carbons (Fsp3) is 0.400. The quantitative estimate of drug-likeness (QED) is 0.610. The van der Waals surface area contributed by atoms with Gasteiger partial charge in [0, 0.05) is 5.39 Å². The zero-order valence-corrected chi connectivity index (χ0v) is 12.4. The van der Waals surface area contributed by atoms with E-state index in [1.807, 2.05) is 0 Å². The SMILES string of the molecule is Cc1cc2c(C)c(C(F)(F)F)c(=O)oc2c(F)c1OC(C)C. The van der Waals surface area contributed by atoms with Crippen molar-refractivity contribution in [2.24, 2.45) is 0 Å². The highest BCUT2D eigenvalue weighted by molar-refractivity contribution is 5.84. The van der Waals surface area contributed by atoms with E-state index in [0.29, 0.717) is 5.56 Å². The van der Waals surface area contributed by atoms with Crippen molar-refractivity contribution in [3.05, 3.63) is 39.0 Å². The Bertz CT molecular complexity index is 788. The first-order chi connectivity index (χ1) is 10.0. The van der Waals surface area contributed by atoms with Gasteiger partial charge < -0.3 is 9.15 Å². The molecule has 0 fully saturated rings. The number of hydrogen-bond donors (Lipinski definition) is 0. The lowest BCUT2D eigenvalue weighted by Gasteiger charge is -2.16. The monoisotopic (exact) mass is 318 g/mol. The van der Waals surface area contributed by atoms with E-state index in [4.69, 9.17) is 4.74 Å². The topological polar surface area (TPSA) is 39.4 Å². The van der Waals surface area contributed by atoms with E-state index in [-0.39, 0.29) is 22.8 Å². The lowest BCUT2D eigenvalue weighted by molar-refractivity contribution is -0.140.